The number of para-hydroxylation sites is 1. The first-order valence-electron chi connectivity index (χ1n) is 8.41. The van der Waals surface area contributed by atoms with E-state index in [0.29, 0.717) is 12.2 Å². The fourth-order valence-corrected chi connectivity index (χ4v) is 2.84. The molecule has 0 saturated heterocycles. The van der Waals surface area contributed by atoms with Crippen LogP contribution in [0.1, 0.15) is 5.56 Å². The van der Waals surface area contributed by atoms with E-state index in [-0.39, 0.29) is 16.9 Å². The summed E-state index contributed by atoms with van der Waals surface area (Å²) in [6, 6.07) is 15.2. The summed E-state index contributed by atoms with van der Waals surface area (Å²) >= 11 is 0. The standard InChI is InChI=1S/C20H17N5O2/c1-27-18-14-24(13-15-7-10-21-11-8-15)23-19(20(18)26)17-9-12-22-25(17)16-5-3-2-4-6-16/h2-12,14H,13H2,1H3. The van der Waals surface area contributed by atoms with Gasteiger partial charge in [0.1, 0.15) is 0 Å². The monoisotopic (exact) mass is 359 g/mol. The van der Waals surface area contributed by atoms with Crippen molar-refractivity contribution in [1.82, 2.24) is 24.5 Å². The van der Waals surface area contributed by atoms with Crippen molar-refractivity contribution in [2.45, 2.75) is 6.54 Å². The fourth-order valence-electron chi connectivity index (χ4n) is 2.84. The van der Waals surface area contributed by atoms with Gasteiger partial charge in [-0.2, -0.15) is 10.2 Å². The summed E-state index contributed by atoms with van der Waals surface area (Å²) in [5, 5.41) is 8.90. The van der Waals surface area contributed by atoms with Gasteiger partial charge in [-0.05, 0) is 35.9 Å². The van der Waals surface area contributed by atoms with Crippen LogP contribution in [0, 0.1) is 0 Å². The second-order valence-corrected chi connectivity index (χ2v) is 5.89. The van der Waals surface area contributed by atoms with Gasteiger partial charge < -0.3 is 4.74 Å². The Balaban J connectivity index is 1.83. The third kappa shape index (κ3) is 3.35. The smallest absolute Gasteiger partial charge is 0.251 e. The lowest BCUT2D eigenvalue weighted by atomic mass is 10.2. The number of rotatable bonds is 5. The minimum Gasteiger partial charge on any atom is -0.491 e. The van der Waals surface area contributed by atoms with Crippen molar-refractivity contribution in [3.63, 3.8) is 0 Å². The molecule has 0 amide bonds. The number of hydrogen-bond donors (Lipinski definition) is 0. The van der Waals surface area contributed by atoms with Crippen LogP contribution in [0.4, 0.5) is 0 Å². The summed E-state index contributed by atoms with van der Waals surface area (Å²) in [6.07, 6.45) is 6.70. The highest BCUT2D eigenvalue weighted by molar-refractivity contribution is 5.58. The van der Waals surface area contributed by atoms with Crippen LogP contribution >= 0.6 is 0 Å². The molecule has 0 bridgehead atoms. The Morgan fingerprint density at radius 3 is 2.52 bits per heavy atom. The Morgan fingerprint density at radius 1 is 1.00 bits per heavy atom. The largest absolute Gasteiger partial charge is 0.491 e. The van der Waals surface area contributed by atoms with E-state index < -0.39 is 0 Å². The molecule has 3 aromatic heterocycles. The number of methoxy groups -OCH3 is 1. The zero-order valence-corrected chi connectivity index (χ0v) is 14.7. The zero-order valence-electron chi connectivity index (χ0n) is 14.7. The molecule has 0 unspecified atom stereocenters. The van der Waals surface area contributed by atoms with Gasteiger partial charge in [0, 0.05) is 12.4 Å². The van der Waals surface area contributed by atoms with E-state index in [1.54, 1.807) is 40.2 Å². The minimum absolute atomic E-state index is 0.231. The van der Waals surface area contributed by atoms with Gasteiger partial charge >= 0.3 is 0 Å². The van der Waals surface area contributed by atoms with Crippen molar-refractivity contribution >= 4 is 0 Å². The summed E-state index contributed by atoms with van der Waals surface area (Å²) in [5.74, 6) is 0.231. The second kappa shape index (κ2) is 7.25. The van der Waals surface area contributed by atoms with E-state index in [1.807, 2.05) is 42.5 Å². The Labute approximate surface area is 155 Å². The molecule has 27 heavy (non-hydrogen) atoms. The quantitative estimate of drug-likeness (QED) is 0.547. The number of ether oxygens (including phenoxy) is 1. The first-order chi connectivity index (χ1) is 13.3. The summed E-state index contributed by atoms with van der Waals surface area (Å²) in [5.41, 5.74) is 2.48. The van der Waals surface area contributed by atoms with Gasteiger partial charge in [-0.3, -0.25) is 14.5 Å². The molecule has 0 atom stereocenters. The van der Waals surface area contributed by atoms with Crippen LogP contribution in [0.15, 0.2) is 78.1 Å². The van der Waals surface area contributed by atoms with Crippen LogP contribution in [0.25, 0.3) is 17.1 Å². The van der Waals surface area contributed by atoms with Gasteiger partial charge in [0.25, 0.3) is 5.43 Å². The molecule has 0 radical (unpaired) electrons. The predicted octanol–water partition coefficient (Wildman–Crippen LogP) is 2.55. The Bertz CT molecular complexity index is 1100. The van der Waals surface area contributed by atoms with Gasteiger partial charge in [0.05, 0.1) is 37.4 Å². The molecular formula is C20H17N5O2. The molecule has 4 aromatic rings. The number of benzene rings is 1. The zero-order chi connectivity index (χ0) is 18.6. The molecule has 0 aliphatic heterocycles. The van der Waals surface area contributed by atoms with Crippen LogP contribution < -0.4 is 10.2 Å². The number of pyridine rings is 1. The molecule has 0 saturated carbocycles. The average molecular weight is 359 g/mol. The molecule has 4 rings (SSSR count). The lowest BCUT2D eigenvalue weighted by Crippen LogP contribution is -2.19. The highest BCUT2D eigenvalue weighted by atomic mass is 16.5. The van der Waals surface area contributed by atoms with Crippen molar-refractivity contribution in [2.24, 2.45) is 0 Å². The lowest BCUT2D eigenvalue weighted by Gasteiger charge is -2.12. The number of nitrogens with zero attached hydrogens (tertiary/aromatic N) is 5. The molecule has 7 heteroatoms. The molecule has 0 aliphatic carbocycles. The number of aromatic nitrogens is 5. The minimum atomic E-state index is -0.277. The van der Waals surface area contributed by atoms with Crippen LogP contribution in [-0.4, -0.2) is 31.7 Å². The molecule has 3 heterocycles. The normalized spacial score (nSPS) is 10.7. The summed E-state index contributed by atoms with van der Waals surface area (Å²) in [7, 11) is 1.48. The molecule has 7 nitrogen and oxygen atoms in total. The van der Waals surface area contributed by atoms with E-state index in [9.17, 15) is 4.79 Å². The lowest BCUT2D eigenvalue weighted by molar-refractivity contribution is 0.402. The molecular weight excluding hydrogens is 342 g/mol. The van der Waals surface area contributed by atoms with Crippen molar-refractivity contribution in [2.75, 3.05) is 7.11 Å². The fraction of sp³-hybridized carbons (Fsp3) is 0.100. The van der Waals surface area contributed by atoms with Gasteiger partial charge in [-0.1, -0.05) is 18.2 Å². The van der Waals surface area contributed by atoms with Crippen molar-refractivity contribution < 1.29 is 4.74 Å². The number of hydrogen-bond acceptors (Lipinski definition) is 5. The molecule has 0 fully saturated rings. The SMILES string of the molecule is COc1cn(Cc2ccncc2)nc(-c2ccnn2-c2ccccc2)c1=O. The first kappa shape index (κ1) is 16.7. The van der Waals surface area contributed by atoms with Gasteiger partial charge in [-0.25, -0.2) is 4.68 Å². The van der Waals surface area contributed by atoms with E-state index in [0.717, 1.165) is 11.3 Å². The summed E-state index contributed by atoms with van der Waals surface area (Å²) in [4.78, 5) is 16.9. The molecule has 1 aromatic carbocycles. The summed E-state index contributed by atoms with van der Waals surface area (Å²) in [6.45, 7) is 0.492. The van der Waals surface area contributed by atoms with Crippen molar-refractivity contribution in [1.29, 1.82) is 0 Å². The maximum atomic E-state index is 12.8. The second-order valence-electron chi connectivity index (χ2n) is 5.89. The van der Waals surface area contributed by atoms with Crippen LogP contribution in [0.5, 0.6) is 5.75 Å². The third-order valence-electron chi connectivity index (χ3n) is 4.13. The molecule has 0 N–H and O–H groups in total. The van der Waals surface area contributed by atoms with Crippen molar-refractivity contribution in [3.8, 4) is 22.8 Å². The molecule has 0 spiro atoms. The highest BCUT2D eigenvalue weighted by Gasteiger charge is 2.17. The van der Waals surface area contributed by atoms with Gasteiger partial charge in [0.15, 0.2) is 11.4 Å². The van der Waals surface area contributed by atoms with E-state index >= 15 is 0 Å². The maximum absolute atomic E-state index is 12.8. The van der Waals surface area contributed by atoms with E-state index in [4.69, 9.17) is 4.74 Å². The molecule has 0 aliphatic rings. The van der Waals surface area contributed by atoms with Crippen LogP contribution in [0.2, 0.25) is 0 Å². The summed E-state index contributed by atoms with van der Waals surface area (Å²) < 4.78 is 8.67. The predicted molar refractivity (Wildman–Crippen MR) is 101 cm³/mol. The van der Waals surface area contributed by atoms with Gasteiger partial charge in [0.2, 0.25) is 0 Å². The van der Waals surface area contributed by atoms with Crippen LogP contribution in [-0.2, 0) is 6.54 Å². The highest BCUT2D eigenvalue weighted by Crippen LogP contribution is 2.19. The van der Waals surface area contributed by atoms with Gasteiger partial charge in [-0.15, -0.1) is 0 Å². The Morgan fingerprint density at radius 2 is 1.78 bits per heavy atom. The van der Waals surface area contributed by atoms with E-state index in [2.05, 4.69) is 15.2 Å². The van der Waals surface area contributed by atoms with Crippen molar-refractivity contribution in [3.05, 3.63) is 89.1 Å². The molecule has 134 valence electrons. The Hall–Kier alpha value is -3.74. The van der Waals surface area contributed by atoms with E-state index in [1.165, 1.54) is 7.11 Å². The Kier molecular flexibility index (Phi) is 4.49. The maximum Gasteiger partial charge on any atom is 0.251 e. The topological polar surface area (TPSA) is 74.8 Å². The van der Waals surface area contributed by atoms with Crippen LogP contribution in [0.3, 0.4) is 0 Å². The average Bonchev–Trinajstić information content (AvgIpc) is 3.20. The third-order valence-corrected chi connectivity index (χ3v) is 4.13. The first-order valence-corrected chi connectivity index (χ1v) is 8.41.